The Kier molecular flexibility index (Phi) is 12.1. The van der Waals surface area contributed by atoms with E-state index < -0.39 is 21.5 Å². The second-order valence-corrected chi connectivity index (χ2v) is 14.9. The largest absolute Gasteiger partial charge is 0.508 e. The van der Waals surface area contributed by atoms with Crippen molar-refractivity contribution in [3.63, 3.8) is 0 Å². The molecule has 1 unspecified atom stereocenters. The van der Waals surface area contributed by atoms with E-state index in [2.05, 4.69) is 49.3 Å². The number of aromatic hydroxyl groups is 1. The Morgan fingerprint density at radius 2 is 1.75 bits per heavy atom. The molecule has 0 saturated heterocycles. The predicted molar refractivity (Wildman–Crippen MR) is 190 cm³/mol. The van der Waals surface area contributed by atoms with E-state index >= 15 is 0 Å². The summed E-state index contributed by atoms with van der Waals surface area (Å²) in [5, 5.41) is 19.6. The van der Waals surface area contributed by atoms with Crippen LogP contribution in [0.5, 0.6) is 5.75 Å². The fourth-order valence-electron chi connectivity index (χ4n) is 7.07. The standard InChI is InChI=1S/C38H50N2O7S/c1-6-7-23-39-32-21-19-29(48(44,45)46)27-30(32)37(2,3)34(39)15-10-8-11-16-35-38(4,22-13-9-12-17-36(42)43)31-26-28(41)18-20-33(31)40(35)24-14-25-47-5/h8,10-11,15-16,18-21,26-27H,6-7,9,12-14,17,22-25H2,1-5H3,(H2-,41,42,43,44,45,46)/p+1. The molecule has 2 aliphatic rings. The Hall–Kier alpha value is -3.73. The van der Waals surface area contributed by atoms with Crippen molar-refractivity contribution in [3.8, 4) is 5.75 Å². The van der Waals surface area contributed by atoms with Crippen LogP contribution in [0.2, 0.25) is 0 Å². The van der Waals surface area contributed by atoms with Crippen molar-refractivity contribution in [2.75, 3.05) is 31.7 Å². The van der Waals surface area contributed by atoms with Crippen LogP contribution in [0.4, 0.5) is 11.4 Å². The number of anilines is 1. The number of methoxy groups -OCH3 is 1. The molecule has 0 bridgehead atoms. The summed E-state index contributed by atoms with van der Waals surface area (Å²) in [4.78, 5) is 13.3. The number of nitrogens with zero attached hydrogens (tertiary/aromatic N) is 2. The second kappa shape index (κ2) is 15.7. The lowest BCUT2D eigenvalue weighted by Gasteiger charge is -2.30. The lowest BCUT2D eigenvalue weighted by Crippen LogP contribution is -2.29. The highest BCUT2D eigenvalue weighted by Crippen LogP contribution is 2.51. The average Bonchev–Trinajstić information content (AvgIpc) is 3.38. The zero-order valence-electron chi connectivity index (χ0n) is 28.9. The van der Waals surface area contributed by atoms with Crippen LogP contribution in [0, 0.1) is 0 Å². The van der Waals surface area contributed by atoms with E-state index in [1.807, 2.05) is 30.4 Å². The Morgan fingerprint density at radius 3 is 2.44 bits per heavy atom. The Labute approximate surface area is 285 Å². The summed E-state index contributed by atoms with van der Waals surface area (Å²) in [7, 11) is -2.63. The van der Waals surface area contributed by atoms with Crippen LogP contribution in [0.3, 0.4) is 0 Å². The third-order valence-electron chi connectivity index (χ3n) is 9.65. The molecule has 1 atom stereocenters. The maximum Gasteiger partial charge on any atom is 0.303 e. The summed E-state index contributed by atoms with van der Waals surface area (Å²) < 4.78 is 41.2. The molecule has 0 fully saturated rings. The smallest absolute Gasteiger partial charge is 0.303 e. The van der Waals surface area contributed by atoms with Gasteiger partial charge in [0.1, 0.15) is 12.3 Å². The van der Waals surface area contributed by atoms with Crippen molar-refractivity contribution in [1.29, 1.82) is 0 Å². The van der Waals surface area contributed by atoms with Crippen molar-refractivity contribution >= 4 is 33.2 Å². The number of carbonyl (C=O) groups is 1. The van der Waals surface area contributed by atoms with Gasteiger partial charge < -0.3 is 19.8 Å². The number of fused-ring (bicyclic) bond motifs is 2. The van der Waals surface area contributed by atoms with E-state index in [1.165, 1.54) is 6.07 Å². The molecule has 0 aliphatic carbocycles. The van der Waals surface area contributed by atoms with Gasteiger partial charge in [-0.05, 0) is 82.0 Å². The lowest BCUT2D eigenvalue weighted by atomic mass is 9.77. The highest BCUT2D eigenvalue weighted by molar-refractivity contribution is 7.85. The zero-order valence-corrected chi connectivity index (χ0v) is 29.7. The number of phenols is 1. The molecule has 48 heavy (non-hydrogen) atoms. The summed E-state index contributed by atoms with van der Waals surface area (Å²) >= 11 is 0. The Bertz CT molecular complexity index is 1720. The molecular formula is C38H51N2O7S+. The number of unbranched alkanes of at least 4 members (excludes halogenated alkanes) is 3. The molecule has 9 nitrogen and oxygen atoms in total. The maximum absolute atomic E-state index is 11.9. The van der Waals surface area contributed by atoms with Crippen LogP contribution in [0.1, 0.15) is 90.2 Å². The monoisotopic (exact) mass is 679 g/mol. The summed E-state index contributed by atoms with van der Waals surface area (Å²) in [6.07, 6.45) is 16.3. The molecule has 3 N–H and O–H groups in total. The molecule has 0 saturated carbocycles. The molecule has 2 aromatic carbocycles. The van der Waals surface area contributed by atoms with Crippen molar-refractivity contribution in [2.45, 2.75) is 94.8 Å². The van der Waals surface area contributed by atoms with Gasteiger partial charge in [0.25, 0.3) is 10.1 Å². The van der Waals surface area contributed by atoms with Gasteiger partial charge in [-0.1, -0.05) is 44.4 Å². The van der Waals surface area contributed by atoms with Gasteiger partial charge in [-0.2, -0.15) is 13.0 Å². The first-order chi connectivity index (χ1) is 22.8. The molecule has 2 aliphatic heterocycles. The van der Waals surface area contributed by atoms with Crippen molar-refractivity contribution < 1.29 is 37.3 Å². The second-order valence-electron chi connectivity index (χ2n) is 13.5. The number of benzene rings is 2. The molecule has 0 amide bonds. The van der Waals surface area contributed by atoms with Gasteiger partial charge in [-0.15, -0.1) is 0 Å². The average molecular weight is 680 g/mol. The number of phenolic OH excluding ortho intramolecular Hbond substituents is 1. The molecule has 0 spiro atoms. The number of hydrogen-bond donors (Lipinski definition) is 3. The first-order valence-electron chi connectivity index (χ1n) is 16.9. The van der Waals surface area contributed by atoms with E-state index in [0.29, 0.717) is 13.0 Å². The highest BCUT2D eigenvalue weighted by Gasteiger charge is 2.45. The zero-order chi connectivity index (χ0) is 35.1. The van der Waals surface area contributed by atoms with E-state index in [1.54, 1.807) is 25.3 Å². The topological polar surface area (TPSA) is 127 Å². The SMILES string of the molecule is CCCC[N+]1=C(/C=C/C=C/C=C2/N(CCCOC)c3ccc(O)cc3C2(C)CCCCCC(=O)O)C(C)(C)c2cc(S(=O)(=O)O)ccc21. The first-order valence-corrected chi connectivity index (χ1v) is 18.3. The molecule has 4 rings (SSSR count). The van der Waals surface area contributed by atoms with Gasteiger partial charge in [0.05, 0.1) is 10.3 Å². The Morgan fingerprint density at radius 1 is 0.979 bits per heavy atom. The maximum atomic E-state index is 11.9. The number of carboxylic acid groups (broad SMARTS) is 1. The van der Waals surface area contributed by atoms with E-state index in [4.69, 9.17) is 9.84 Å². The van der Waals surface area contributed by atoms with Gasteiger partial charge in [0, 0.05) is 67.6 Å². The number of carboxylic acids is 1. The number of hydrogen-bond acceptors (Lipinski definition) is 6. The normalized spacial score (nSPS) is 19.6. The van der Waals surface area contributed by atoms with Crippen LogP contribution < -0.4 is 4.90 Å². The first kappa shape index (κ1) is 37.1. The number of aliphatic carboxylic acids is 1. The van der Waals surface area contributed by atoms with Gasteiger partial charge in [-0.25, -0.2) is 0 Å². The minimum atomic E-state index is -4.33. The fraction of sp³-hybridized carbons (Fsp3) is 0.474. The summed E-state index contributed by atoms with van der Waals surface area (Å²) in [6, 6.07) is 10.4. The number of allylic oxidation sites excluding steroid dienone is 6. The van der Waals surface area contributed by atoms with Crippen LogP contribution in [0.25, 0.3) is 0 Å². The molecule has 260 valence electrons. The highest BCUT2D eigenvalue weighted by atomic mass is 32.2. The van der Waals surface area contributed by atoms with Gasteiger partial charge in [0.2, 0.25) is 5.69 Å². The third-order valence-corrected chi connectivity index (χ3v) is 10.5. The minimum absolute atomic E-state index is 0.104. The molecule has 2 aromatic rings. The molecule has 10 heteroatoms. The van der Waals surface area contributed by atoms with E-state index in [-0.39, 0.29) is 22.5 Å². The summed E-state index contributed by atoms with van der Waals surface area (Å²) in [5.74, 6) is -0.559. The van der Waals surface area contributed by atoms with Crippen LogP contribution in [-0.4, -0.2) is 66.2 Å². The molecule has 0 radical (unpaired) electrons. The summed E-state index contributed by atoms with van der Waals surface area (Å²) in [6.45, 7) is 10.6. The molecular weight excluding hydrogens is 628 g/mol. The number of ether oxygens (including phenoxy) is 1. The van der Waals surface area contributed by atoms with Crippen molar-refractivity contribution in [1.82, 2.24) is 0 Å². The number of rotatable bonds is 17. The van der Waals surface area contributed by atoms with Crippen molar-refractivity contribution in [2.24, 2.45) is 0 Å². The van der Waals surface area contributed by atoms with Gasteiger partial charge >= 0.3 is 5.97 Å². The van der Waals surface area contributed by atoms with Gasteiger partial charge in [0.15, 0.2) is 5.71 Å². The quantitative estimate of drug-likeness (QED) is 0.0673. The van der Waals surface area contributed by atoms with E-state index in [9.17, 15) is 22.9 Å². The van der Waals surface area contributed by atoms with Crippen LogP contribution in [-0.2, 0) is 30.5 Å². The molecule has 2 heterocycles. The minimum Gasteiger partial charge on any atom is -0.508 e. The third kappa shape index (κ3) is 8.10. The lowest BCUT2D eigenvalue weighted by molar-refractivity contribution is -0.438. The van der Waals surface area contributed by atoms with Gasteiger partial charge in [-0.3, -0.25) is 9.35 Å². The van der Waals surface area contributed by atoms with Crippen LogP contribution in [0.15, 0.2) is 77.4 Å². The van der Waals surface area contributed by atoms with Crippen LogP contribution >= 0.6 is 0 Å². The van der Waals surface area contributed by atoms with E-state index in [0.717, 1.165) is 85.5 Å². The van der Waals surface area contributed by atoms with Crippen molar-refractivity contribution in [3.05, 3.63) is 83.6 Å². The fourth-order valence-corrected chi connectivity index (χ4v) is 7.58. The predicted octanol–water partition coefficient (Wildman–Crippen LogP) is 7.66. The summed E-state index contributed by atoms with van der Waals surface area (Å²) in [5.41, 5.74) is 5.22. The Balaban J connectivity index is 1.67. The molecule has 0 aromatic heterocycles.